The molecule has 5 rings (SSSR count). The van der Waals surface area contributed by atoms with Crippen molar-refractivity contribution in [2.45, 2.75) is 13.0 Å². The van der Waals surface area contributed by atoms with Crippen molar-refractivity contribution in [3.8, 4) is 11.5 Å². The van der Waals surface area contributed by atoms with Gasteiger partial charge in [0.2, 0.25) is 5.43 Å². The number of halogens is 1. The Bertz CT molecular complexity index is 1320. The van der Waals surface area contributed by atoms with Crippen molar-refractivity contribution in [1.82, 2.24) is 9.58 Å². The first-order valence-electron chi connectivity index (χ1n) is 10.6. The summed E-state index contributed by atoms with van der Waals surface area (Å²) in [5.74, 6) is -1.01. The molecule has 0 aliphatic carbocycles. The minimum Gasteiger partial charge on any atom is -0.502 e. The third kappa shape index (κ3) is 3.44. The Morgan fingerprint density at radius 2 is 1.85 bits per heavy atom. The standard InChI is InChI=1S/C25H22FN3O4/c1-16-19(26)10-9-18-21(17-7-3-2-4-8-17)29-15-27(12-5-6-14-33-24(16)18)25(32)22-23(31)20(30)11-13-28(22)29/h2-11,13,21,31H,12,14-15H2,1H3/b6-5-/t21-/m1/s1. The van der Waals surface area contributed by atoms with Gasteiger partial charge in [-0.15, -0.1) is 0 Å². The number of nitrogens with zero attached hydrogens (tertiary/aromatic N) is 3. The predicted octanol–water partition coefficient (Wildman–Crippen LogP) is 3.09. The number of rotatable bonds is 1. The van der Waals surface area contributed by atoms with E-state index >= 15 is 0 Å². The van der Waals surface area contributed by atoms with Crippen molar-refractivity contribution in [3.63, 3.8) is 0 Å². The molecule has 7 nitrogen and oxygen atoms in total. The SMILES string of the molecule is Cc1c(F)ccc2c1OC/C=C\CN1CN([C@@H]2c2ccccc2)n2ccc(=O)c(O)c2C1=O. The summed E-state index contributed by atoms with van der Waals surface area (Å²) in [7, 11) is 0. The maximum absolute atomic E-state index is 14.5. The van der Waals surface area contributed by atoms with Gasteiger partial charge in [0.05, 0.1) is 0 Å². The van der Waals surface area contributed by atoms with Gasteiger partial charge in [0, 0.05) is 29.9 Å². The van der Waals surface area contributed by atoms with E-state index in [0.29, 0.717) is 16.9 Å². The number of carbonyl (C=O) groups is 1. The van der Waals surface area contributed by atoms with Gasteiger partial charge in [0.1, 0.15) is 30.9 Å². The quantitative estimate of drug-likeness (QED) is 0.581. The third-order valence-corrected chi connectivity index (χ3v) is 6.03. The van der Waals surface area contributed by atoms with Gasteiger partial charge in [-0.05, 0) is 30.7 Å². The lowest BCUT2D eigenvalue weighted by molar-refractivity contribution is 0.0701. The van der Waals surface area contributed by atoms with E-state index in [4.69, 9.17) is 4.74 Å². The zero-order valence-electron chi connectivity index (χ0n) is 17.9. The van der Waals surface area contributed by atoms with Gasteiger partial charge in [-0.1, -0.05) is 36.4 Å². The van der Waals surface area contributed by atoms with E-state index in [0.717, 1.165) is 5.56 Å². The van der Waals surface area contributed by atoms with Crippen LogP contribution in [0.5, 0.6) is 11.5 Å². The monoisotopic (exact) mass is 447 g/mol. The number of aromatic nitrogens is 1. The van der Waals surface area contributed by atoms with Crippen LogP contribution >= 0.6 is 0 Å². The van der Waals surface area contributed by atoms with Gasteiger partial charge in [0.25, 0.3) is 5.91 Å². The maximum atomic E-state index is 14.5. The zero-order chi connectivity index (χ0) is 23.1. The normalized spacial score (nSPS) is 18.6. The summed E-state index contributed by atoms with van der Waals surface area (Å²) in [6.45, 7) is 2.31. The van der Waals surface area contributed by atoms with Crippen LogP contribution in [0.15, 0.2) is 71.7 Å². The topological polar surface area (TPSA) is 75.0 Å². The van der Waals surface area contributed by atoms with Crippen molar-refractivity contribution >= 4 is 5.91 Å². The summed E-state index contributed by atoms with van der Waals surface area (Å²) in [4.78, 5) is 26.9. The molecule has 0 fully saturated rings. The van der Waals surface area contributed by atoms with Crippen molar-refractivity contribution < 1.29 is 19.0 Å². The van der Waals surface area contributed by atoms with Crippen molar-refractivity contribution in [3.05, 3.63) is 105 Å². The molecule has 2 aliphatic heterocycles. The Kier molecular flexibility index (Phi) is 5.12. The minimum absolute atomic E-state index is 0.108. The molecule has 0 radical (unpaired) electrons. The van der Waals surface area contributed by atoms with Crippen molar-refractivity contribution in [2.24, 2.45) is 0 Å². The number of carbonyl (C=O) groups excluding carboxylic acids is 1. The molecule has 0 saturated carbocycles. The summed E-state index contributed by atoms with van der Waals surface area (Å²) in [5.41, 5.74) is 1.22. The zero-order valence-corrected chi connectivity index (χ0v) is 17.9. The van der Waals surface area contributed by atoms with E-state index in [-0.39, 0.29) is 31.3 Å². The number of pyridine rings is 1. The average molecular weight is 447 g/mol. The highest BCUT2D eigenvalue weighted by Gasteiger charge is 2.37. The smallest absolute Gasteiger partial charge is 0.278 e. The summed E-state index contributed by atoms with van der Waals surface area (Å²) in [6.07, 6.45) is 5.02. The lowest BCUT2D eigenvalue weighted by Gasteiger charge is -2.44. The van der Waals surface area contributed by atoms with Gasteiger partial charge in [-0.2, -0.15) is 0 Å². The lowest BCUT2D eigenvalue weighted by atomic mass is 9.95. The number of hydrogen-bond acceptors (Lipinski definition) is 5. The Hall–Kier alpha value is -4.07. The summed E-state index contributed by atoms with van der Waals surface area (Å²) in [6, 6.07) is 13.4. The second-order valence-electron chi connectivity index (χ2n) is 8.02. The molecule has 2 bridgehead atoms. The van der Waals surface area contributed by atoms with Crippen LogP contribution in [0.2, 0.25) is 0 Å². The first-order chi connectivity index (χ1) is 16.0. The first kappa shape index (κ1) is 20.8. The van der Waals surface area contributed by atoms with Crippen LogP contribution in [0.3, 0.4) is 0 Å². The first-order valence-corrected chi connectivity index (χ1v) is 10.6. The summed E-state index contributed by atoms with van der Waals surface area (Å²) in [5, 5.41) is 12.4. The fourth-order valence-corrected chi connectivity index (χ4v) is 4.38. The molecule has 2 aromatic carbocycles. The van der Waals surface area contributed by atoms with E-state index in [9.17, 15) is 19.1 Å². The molecule has 3 aromatic rings. The largest absolute Gasteiger partial charge is 0.502 e. The molecule has 0 spiro atoms. The fourth-order valence-electron chi connectivity index (χ4n) is 4.38. The Balaban J connectivity index is 1.83. The number of amides is 1. The maximum Gasteiger partial charge on any atom is 0.278 e. The van der Waals surface area contributed by atoms with Crippen LogP contribution < -0.4 is 15.2 Å². The van der Waals surface area contributed by atoms with E-state index < -0.39 is 23.1 Å². The number of aromatic hydroxyl groups is 1. The van der Waals surface area contributed by atoms with Crippen LogP contribution in [0, 0.1) is 12.7 Å². The van der Waals surface area contributed by atoms with Crippen molar-refractivity contribution in [1.29, 1.82) is 0 Å². The second kappa shape index (κ2) is 8.12. The van der Waals surface area contributed by atoms with Crippen LogP contribution in [0.1, 0.15) is 33.2 Å². The van der Waals surface area contributed by atoms with Crippen LogP contribution in [0.4, 0.5) is 4.39 Å². The molecule has 0 unspecified atom stereocenters. The molecule has 1 atom stereocenters. The second-order valence-corrected chi connectivity index (χ2v) is 8.02. The van der Waals surface area contributed by atoms with Gasteiger partial charge >= 0.3 is 0 Å². The molecule has 168 valence electrons. The fraction of sp³-hybridized carbons (Fsp3) is 0.200. The number of ether oxygens (including phenoxy) is 1. The highest BCUT2D eigenvalue weighted by atomic mass is 19.1. The van der Waals surface area contributed by atoms with E-state index in [1.165, 1.54) is 23.0 Å². The van der Waals surface area contributed by atoms with Crippen LogP contribution in [-0.4, -0.2) is 40.4 Å². The highest BCUT2D eigenvalue weighted by molar-refractivity contribution is 5.96. The molecule has 1 aromatic heterocycles. The Morgan fingerprint density at radius 3 is 2.64 bits per heavy atom. The third-order valence-electron chi connectivity index (χ3n) is 6.03. The van der Waals surface area contributed by atoms with E-state index in [1.807, 2.05) is 35.3 Å². The molecular weight excluding hydrogens is 425 g/mol. The highest BCUT2D eigenvalue weighted by Crippen LogP contribution is 2.39. The van der Waals surface area contributed by atoms with E-state index in [2.05, 4.69) is 0 Å². The minimum atomic E-state index is -0.630. The summed E-state index contributed by atoms with van der Waals surface area (Å²) < 4.78 is 22.1. The molecule has 1 N–H and O–H groups in total. The Morgan fingerprint density at radius 1 is 1.06 bits per heavy atom. The number of benzene rings is 2. The average Bonchev–Trinajstić information content (AvgIpc) is 2.85. The van der Waals surface area contributed by atoms with Gasteiger partial charge < -0.3 is 14.7 Å². The molecule has 0 saturated heterocycles. The predicted molar refractivity (Wildman–Crippen MR) is 121 cm³/mol. The van der Waals surface area contributed by atoms with E-state index in [1.54, 1.807) is 30.0 Å². The van der Waals surface area contributed by atoms with Gasteiger partial charge in [-0.25, -0.2) is 4.39 Å². The number of fused-ring (bicyclic) bond motifs is 5. The molecular formula is C25H22FN3O4. The summed E-state index contributed by atoms with van der Waals surface area (Å²) >= 11 is 0. The lowest BCUT2D eigenvalue weighted by Crippen LogP contribution is -2.55. The molecule has 3 heterocycles. The van der Waals surface area contributed by atoms with Gasteiger partial charge in [0.15, 0.2) is 11.4 Å². The molecule has 8 heteroatoms. The van der Waals surface area contributed by atoms with Crippen LogP contribution in [0.25, 0.3) is 0 Å². The molecule has 2 aliphatic rings. The molecule has 1 amide bonds. The molecule has 33 heavy (non-hydrogen) atoms. The van der Waals surface area contributed by atoms with Crippen molar-refractivity contribution in [2.75, 3.05) is 24.8 Å². The van der Waals surface area contributed by atoms with Crippen LogP contribution in [-0.2, 0) is 0 Å². The van der Waals surface area contributed by atoms with Gasteiger partial charge in [-0.3, -0.25) is 19.3 Å². The number of hydrogen-bond donors (Lipinski definition) is 1. The Labute approximate surface area is 189 Å².